The van der Waals surface area contributed by atoms with Crippen LogP contribution >= 0.6 is 0 Å². The van der Waals surface area contributed by atoms with Gasteiger partial charge in [0.15, 0.2) is 0 Å². The predicted octanol–water partition coefficient (Wildman–Crippen LogP) is 5.44. The topological polar surface area (TPSA) is 91.3 Å². The van der Waals surface area contributed by atoms with Gasteiger partial charge in [-0.15, -0.1) is 0 Å². The fourth-order valence-corrected chi connectivity index (χ4v) is 5.53. The van der Waals surface area contributed by atoms with Crippen LogP contribution in [0.5, 0.6) is 0 Å². The number of amides is 2. The molecule has 0 saturated carbocycles. The number of benzene rings is 3. The molecule has 3 heterocycles. The molecule has 0 unspecified atom stereocenters. The average molecular weight is 547 g/mol. The Morgan fingerprint density at radius 3 is 2.46 bits per heavy atom. The zero-order chi connectivity index (χ0) is 28.3. The van der Waals surface area contributed by atoms with Gasteiger partial charge in [0.1, 0.15) is 0 Å². The first-order chi connectivity index (χ1) is 19.9. The molecule has 6 rings (SSSR count). The fraction of sp³-hybridized carbons (Fsp3) is 0.242. The maximum absolute atomic E-state index is 13.4. The van der Waals surface area contributed by atoms with Gasteiger partial charge in [-0.25, -0.2) is 0 Å². The molecule has 0 aliphatic carbocycles. The van der Waals surface area contributed by atoms with E-state index in [0.29, 0.717) is 28.1 Å². The van der Waals surface area contributed by atoms with Crippen molar-refractivity contribution in [2.75, 3.05) is 23.7 Å². The molecule has 3 aromatic carbocycles. The lowest BCUT2D eigenvalue weighted by molar-refractivity contribution is -0.110. The molecular formula is C33H34N6O2. The second kappa shape index (κ2) is 11.4. The summed E-state index contributed by atoms with van der Waals surface area (Å²) >= 11 is 0. The molecule has 1 aromatic heterocycles. The third-order valence-corrected chi connectivity index (χ3v) is 7.75. The smallest absolute Gasteiger partial charge is 0.258 e. The Hall–Kier alpha value is -4.69. The van der Waals surface area contributed by atoms with Crippen molar-refractivity contribution >= 4 is 34.5 Å². The quantitative estimate of drug-likeness (QED) is 0.256. The number of hydrogen-bond acceptors (Lipinski definition) is 5. The van der Waals surface area contributed by atoms with E-state index in [1.807, 2.05) is 62.6 Å². The highest BCUT2D eigenvalue weighted by atomic mass is 16.2. The molecule has 0 spiro atoms. The minimum Gasteiger partial charge on any atom is -0.354 e. The van der Waals surface area contributed by atoms with Crippen molar-refractivity contribution in [3.8, 4) is 0 Å². The maximum atomic E-state index is 13.4. The summed E-state index contributed by atoms with van der Waals surface area (Å²) in [6, 6.07) is 23.3. The van der Waals surface area contributed by atoms with Crippen LogP contribution in [0.3, 0.4) is 0 Å². The standard InChI is InChI=1S/C33H34N6O2/c1-22(24-8-4-3-5-9-24)35-32(40)25-12-15-29-28(18-25)30(33(41)37-29)31(26-19-34-38(2)21-26)36-27-13-10-23(11-14-27)20-39-16-6-7-17-39/h3-5,8-15,18-19,21-22,36H,6-7,16-17,20H2,1-2H3,(H,35,40)(H,37,41)/b31-30-/t22-/m1/s1. The summed E-state index contributed by atoms with van der Waals surface area (Å²) in [6.45, 7) is 5.20. The van der Waals surface area contributed by atoms with Gasteiger partial charge in [-0.3, -0.25) is 19.2 Å². The van der Waals surface area contributed by atoms with Crippen LogP contribution < -0.4 is 16.0 Å². The first-order valence-corrected chi connectivity index (χ1v) is 14.1. The Labute approximate surface area is 240 Å². The van der Waals surface area contributed by atoms with Crippen molar-refractivity contribution in [1.82, 2.24) is 20.0 Å². The Kier molecular flexibility index (Phi) is 7.39. The molecule has 1 atom stereocenters. The Balaban J connectivity index is 1.31. The van der Waals surface area contributed by atoms with Crippen LogP contribution in [0.2, 0.25) is 0 Å². The molecule has 208 valence electrons. The summed E-state index contributed by atoms with van der Waals surface area (Å²) in [5.41, 5.74) is 6.86. The zero-order valence-corrected chi connectivity index (χ0v) is 23.4. The molecule has 0 bridgehead atoms. The van der Waals surface area contributed by atoms with E-state index in [1.54, 1.807) is 29.1 Å². The van der Waals surface area contributed by atoms with Crippen LogP contribution in [-0.2, 0) is 18.4 Å². The summed E-state index contributed by atoms with van der Waals surface area (Å²) in [5, 5.41) is 13.9. The molecule has 8 heteroatoms. The van der Waals surface area contributed by atoms with Crippen LogP contribution in [0.25, 0.3) is 11.3 Å². The van der Waals surface area contributed by atoms with Crippen LogP contribution in [0.1, 0.15) is 58.4 Å². The Morgan fingerprint density at radius 1 is 1.00 bits per heavy atom. The molecule has 2 aliphatic heterocycles. The number of carbonyl (C=O) groups is 2. The zero-order valence-electron chi connectivity index (χ0n) is 23.4. The molecule has 3 N–H and O–H groups in total. The maximum Gasteiger partial charge on any atom is 0.258 e. The highest BCUT2D eigenvalue weighted by molar-refractivity contribution is 6.37. The summed E-state index contributed by atoms with van der Waals surface area (Å²) in [6.07, 6.45) is 6.14. The highest BCUT2D eigenvalue weighted by Gasteiger charge is 2.30. The van der Waals surface area contributed by atoms with Crippen molar-refractivity contribution in [2.24, 2.45) is 7.05 Å². The molecule has 4 aromatic rings. The second-order valence-electron chi connectivity index (χ2n) is 10.8. The van der Waals surface area contributed by atoms with E-state index in [0.717, 1.165) is 36.4 Å². The highest BCUT2D eigenvalue weighted by Crippen LogP contribution is 2.38. The van der Waals surface area contributed by atoms with E-state index in [1.165, 1.54) is 18.4 Å². The third kappa shape index (κ3) is 5.78. The third-order valence-electron chi connectivity index (χ3n) is 7.75. The average Bonchev–Trinajstić information content (AvgIpc) is 3.73. The lowest BCUT2D eigenvalue weighted by Crippen LogP contribution is -2.26. The van der Waals surface area contributed by atoms with Gasteiger partial charge in [0, 0.05) is 47.9 Å². The van der Waals surface area contributed by atoms with Gasteiger partial charge in [0.2, 0.25) is 0 Å². The minimum absolute atomic E-state index is 0.159. The number of nitrogens with zero attached hydrogens (tertiary/aromatic N) is 3. The fourth-order valence-electron chi connectivity index (χ4n) is 5.53. The first kappa shape index (κ1) is 26.5. The van der Waals surface area contributed by atoms with Crippen molar-refractivity contribution in [2.45, 2.75) is 32.4 Å². The number of carbonyl (C=O) groups excluding carboxylic acids is 2. The lowest BCUT2D eigenvalue weighted by atomic mass is 9.99. The molecule has 8 nitrogen and oxygen atoms in total. The summed E-state index contributed by atoms with van der Waals surface area (Å²) in [4.78, 5) is 29.1. The molecular weight excluding hydrogens is 512 g/mol. The van der Waals surface area contributed by atoms with Crippen molar-refractivity contribution < 1.29 is 9.59 Å². The molecule has 0 radical (unpaired) electrons. The monoisotopic (exact) mass is 546 g/mol. The summed E-state index contributed by atoms with van der Waals surface area (Å²) < 4.78 is 1.71. The molecule has 41 heavy (non-hydrogen) atoms. The number of rotatable bonds is 8. The van der Waals surface area contributed by atoms with Crippen LogP contribution in [0.15, 0.2) is 85.2 Å². The number of nitrogens with one attached hydrogen (secondary N) is 3. The summed E-state index contributed by atoms with van der Waals surface area (Å²) in [5.74, 6) is -0.431. The van der Waals surface area contributed by atoms with Crippen molar-refractivity contribution in [3.63, 3.8) is 0 Å². The number of aryl methyl sites for hydroxylation is 1. The van der Waals surface area contributed by atoms with E-state index >= 15 is 0 Å². The van der Waals surface area contributed by atoms with E-state index in [2.05, 4.69) is 38.1 Å². The Bertz CT molecular complexity index is 1600. The van der Waals surface area contributed by atoms with Crippen LogP contribution in [0.4, 0.5) is 11.4 Å². The molecule has 2 aliphatic rings. The van der Waals surface area contributed by atoms with Crippen LogP contribution in [0, 0.1) is 0 Å². The largest absolute Gasteiger partial charge is 0.354 e. The first-order valence-electron chi connectivity index (χ1n) is 14.1. The molecule has 1 fully saturated rings. The second-order valence-corrected chi connectivity index (χ2v) is 10.8. The van der Waals surface area contributed by atoms with Crippen LogP contribution in [-0.4, -0.2) is 39.6 Å². The number of aromatic nitrogens is 2. The van der Waals surface area contributed by atoms with Gasteiger partial charge in [-0.1, -0.05) is 42.5 Å². The van der Waals surface area contributed by atoms with Gasteiger partial charge < -0.3 is 16.0 Å². The molecule has 1 saturated heterocycles. The number of likely N-dealkylation sites (tertiary alicyclic amines) is 1. The van der Waals surface area contributed by atoms with Gasteiger partial charge in [-0.2, -0.15) is 5.10 Å². The lowest BCUT2D eigenvalue weighted by Gasteiger charge is -2.16. The minimum atomic E-state index is -0.229. The van der Waals surface area contributed by atoms with Gasteiger partial charge in [0.05, 0.1) is 23.5 Å². The van der Waals surface area contributed by atoms with Gasteiger partial charge in [-0.05, 0) is 74.3 Å². The van der Waals surface area contributed by atoms with E-state index in [9.17, 15) is 9.59 Å². The van der Waals surface area contributed by atoms with E-state index in [-0.39, 0.29) is 17.9 Å². The SMILES string of the molecule is C[C@@H](NC(=O)c1ccc2c(c1)/C(=C(/Nc1ccc(CN3CCCC3)cc1)c1cnn(C)c1)C(=O)N2)c1ccccc1. The predicted molar refractivity (Wildman–Crippen MR) is 162 cm³/mol. The normalized spacial score (nSPS) is 16.7. The van der Waals surface area contributed by atoms with Gasteiger partial charge in [0.25, 0.3) is 11.8 Å². The number of hydrogen-bond donors (Lipinski definition) is 3. The Morgan fingerprint density at radius 2 is 1.76 bits per heavy atom. The van der Waals surface area contributed by atoms with E-state index < -0.39 is 0 Å². The van der Waals surface area contributed by atoms with E-state index in [4.69, 9.17) is 0 Å². The number of fused-ring (bicyclic) bond motifs is 1. The molecule has 2 amide bonds. The summed E-state index contributed by atoms with van der Waals surface area (Å²) in [7, 11) is 1.85. The number of anilines is 2. The van der Waals surface area contributed by atoms with Crippen molar-refractivity contribution in [1.29, 1.82) is 0 Å². The van der Waals surface area contributed by atoms with Crippen molar-refractivity contribution in [3.05, 3.63) is 113 Å². The van der Waals surface area contributed by atoms with Gasteiger partial charge >= 0.3 is 0 Å².